The van der Waals surface area contributed by atoms with Crippen LogP contribution in [0.25, 0.3) is 0 Å². The number of amides is 1. The fraction of sp³-hybridized carbons (Fsp3) is 0.154. The monoisotopic (exact) mass is 371 g/mol. The average Bonchev–Trinajstić information content (AvgIpc) is 2.83. The second-order valence-electron chi connectivity index (χ2n) is 3.74. The number of carbonyl (C=O) groups excluding carboxylic acids is 1. The molecular weight excluding hydrogens is 362 g/mol. The van der Waals surface area contributed by atoms with Gasteiger partial charge in [0, 0.05) is 11.9 Å². The number of halogens is 2. The van der Waals surface area contributed by atoms with Crippen LogP contribution in [0.2, 0.25) is 0 Å². The molecule has 0 spiro atoms. The molecule has 0 aliphatic rings. The van der Waals surface area contributed by atoms with Gasteiger partial charge in [0.2, 0.25) is 0 Å². The molecular formula is C13H11Br2NO2. The largest absolute Gasteiger partial charge is 0.444 e. The smallest absolute Gasteiger partial charge is 0.287 e. The molecule has 0 radical (unpaired) electrons. The van der Waals surface area contributed by atoms with Gasteiger partial charge in [0.15, 0.2) is 10.4 Å². The summed E-state index contributed by atoms with van der Waals surface area (Å²) in [5.74, 6) is 0.0865. The van der Waals surface area contributed by atoms with Gasteiger partial charge in [0.05, 0.1) is 0 Å². The van der Waals surface area contributed by atoms with Crippen molar-refractivity contribution in [1.82, 2.24) is 5.32 Å². The molecule has 18 heavy (non-hydrogen) atoms. The number of nitrogens with one attached hydrogen (secondary N) is 1. The molecule has 1 N–H and O–H groups in total. The topological polar surface area (TPSA) is 42.2 Å². The van der Waals surface area contributed by atoms with Crippen molar-refractivity contribution in [3.63, 3.8) is 0 Å². The number of hydrogen-bond acceptors (Lipinski definition) is 2. The molecule has 1 aromatic heterocycles. The molecule has 3 nitrogen and oxygen atoms in total. The van der Waals surface area contributed by atoms with Crippen molar-refractivity contribution in [1.29, 1.82) is 0 Å². The highest BCUT2D eigenvalue weighted by Crippen LogP contribution is 2.14. The van der Waals surface area contributed by atoms with Crippen LogP contribution in [-0.2, 0) is 11.9 Å². The molecule has 0 saturated heterocycles. The summed E-state index contributed by atoms with van der Waals surface area (Å²) in [5.41, 5.74) is 2.24. The Balaban J connectivity index is 1.97. The second-order valence-corrected chi connectivity index (χ2v) is 5.08. The van der Waals surface area contributed by atoms with E-state index in [-0.39, 0.29) is 5.91 Å². The molecule has 0 bridgehead atoms. The summed E-state index contributed by atoms with van der Waals surface area (Å²) < 4.78 is 5.73. The fourth-order valence-corrected chi connectivity index (χ4v) is 2.18. The molecule has 1 aromatic carbocycles. The maximum atomic E-state index is 11.8. The summed E-state index contributed by atoms with van der Waals surface area (Å²) in [7, 11) is 0. The lowest BCUT2D eigenvalue weighted by molar-refractivity contribution is 0.0922. The molecule has 0 aliphatic carbocycles. The standard InChI is InChI=1S/C13H11Br2NO2/c14-7-9-2-1-3-10(6-9)8-16-13(17)11-4-5-12(15)18-11/h1-6H,7-8H2,(H,16,17). The van der Waals surface area contributed by atoms with E-state index in [1.54, 1.807) is 12.1 Å². The third kappa shape index (κ3) is 3.46. The van der Waals surface area contributed by atoms with Crippen LogP contribution in [0.3, 0.4) is 0 Å². The summed E-state index contributed by atoms with van der Waals surface area (Å²) >= 11 is 6.57. The first-order valence-corrected chi connectivity index (χ1v) is 7.28. The lowest BCUT2D eigenvalue weighted by Crippen LogP contribution is -2.22. The number of rotatable bonds is 4. The number of benzene rings is 1. The number of carbonyl (C=O) groups is 1. The van der Waals surface area contributed by atoms with Gasteiger partial charge < -0.3 is 9.73 Å². The summed E-state index contributed by atoms with van der Waals surface area (Å²) in [6.45, 7) is 0.484. The Labute approximate surface area is 122 Å². The minimum Gasteiger partial charge on any atom is -0.444 e. The summed E-state index contributed by atoms with van der Waals surface area (Å²) in [5, 5.41) is 3.62. The average molecular weight is 373 g/mol. The van der Waals surface area contributed by atoms with Gasteiger partial charge >= 0.3 is 0 Å². The molecule has 0 saturated carbocycles. The summed E-state index contributed by atoms with van der Waals surface area (Å²) in [6.07, 6.45) is 0. The van der Waals surface area contributed by atoms with Crippen molar-refractivity contribution in [2.45, 2.75) is 11.9 Å². The van der Waals surface area contributed by atoms with Crippen LogP contribution < -0.4 is 5.32 Å². The lowest BCUT2D eigenvalue weighted by atomic mass is 10.1. The van der Waals surface area contributed by atoms with Gasteiger partial charge in [-0.1, -0.05) is 40.2 Å². The molecule has 1 heterocycles. The van der Waals surface area contributed by atoms with Crippen LogP contribution in [0, 0.1) is 0 Å². The minimum absolute atomic E-state index is 0.218. The zero-order valence-corrected chi connectivity index (χ0v) is 12.6. The first-order chi connectivity index (χ1) is 8.69. The highest BCUT2D eigenvalue weighted by Gasteiger charge is 2.09. The van der Waals surface area contributed by atoms with Gasteiger partial charge in [0.1, 0.15) is 0 Å². The van der Waals surface area contributed by atoms with Crippen molar-refractivity contribution < 1.29 is 9.21 Å². The van der Waals surface area contributed by atoms with Crippen molar-refractivity contribution in [2.24, 2.45) is 0 Å². The minimum atomic E-state index is -0.218. The zero-order chi connectivity index (χ0) is 13.0. The van der Waals surface area contributed by atoms with Crippen LogP contribution in [-0.4, -0.2) is 5.91 Å². The molecule has 94 valence electrons. The number of alkyl halides is 1. The molecule has 2 aromatic rings. The van der Waals surface area contributed by atoms with E-state index in [9.17, 15) is 4.79 Å². The Bertz CT molecular complexity index is 551. The van der Waals surface area contributed by atoms with E-state index in [0.717, 1.165) is 10.9 Å². The molecule has 0 fully saturated rings. The van der Waals surface area contributed by atoms with Crippen LogP contribution in [0.1, 0.15) is 21.7 Å². The SMILES string of the molecule is O=C(NCc1cccc(CBr)c1)c1ccc(Br)o1. The summed E-state index contributed by atoms with van der Waals surface area (Å²) in [6, 6.07) is 11.4. The highest BCUT2D eigenvalue weighted by molar-refractivity contribution is 9.10. The highest BCUT2D eigenvalue weighted by atomic mass is 79.9. The van der Waals surface area contributed by atoms with E-state index < -0.39 is 0 Å². The van der Waals surface area contributed by atoms with Crippen molar-refractivity contribution in [2.75, 3.05) is 0 Å². The quantitative estimate of drug-likeness (QED) is 0.828. The molecule has 0 aliphatic heterocycles. The predicted octanol–water partition coefficient (Wildman–Crippen LogP) is 3.87. The predicted molar refractivity (Wildman–Crippen MR) is 76.7 cm³/mol. The van der Waals surface area contributed by atoms with Gasteiger partial charge in [-0.05, 0) is 39.2 Å². The van der Waals surface area contributed by atoms with E-state index in [1.807, 2.05) is 24.3 Å². The van der Waals surface area contributed by atoms with Crippen LogP contribution >= 0.6 is 31.9 Å². The molecule has 1 amide bonds. The summed E-state index contributed by atoms with van der Waals surface area (Å²) in [4.78, 5) is 11.8. The van der Waals surface area contributed by atoms with E-state index in [0.29, 0.717) is 17.0 Å². The number of hydrogen-bond donors (Lipinski definition) is 1. The van der Waals surface area contributed by atoms with Gasteiger partial charge in [-0.15, -0.1) is 0 Å². The van der Waals surface area contributed by atoms with Crippen molar-refractivity contribution in [3.05, 3.63) is 58.0 Å². The Morgan fingerprint density at radius 3 is 2.67 bits per heavy atom. The molecule has 5 heteroatoms. The lowest BCUT2D eigenvalue weighted by Gasteiger charge is -2.04. The molecule has 0 unspecified atom stereocenters. The number of furan rings is 1. The van der Waals surface area contributed by atoms with Crippen LogP contribution in [0.5, 0.6) is 0 Å². The Morgan fingerprint density at radius 1 is 1.22 bits per heavy atom. The molecule has 0 atom stereocenters. The first-order valence-electron chi connectivity index (χ1n) is 5.36. The Morgan fingerprint density at radius 2 is 2.00 bits per heavy atom. The zero-order valence-electron chi connectivity index (χ0n) is 9.45. The van der Waals surface area contributed by atoms with E-state index in [1.165, 1.54) is 5.56 Å². The molecule has 2 rings (SSSR count). The van der Waals surface area contributed by atoms with E-state index in [4.69, 9.17) is 4.42 Å². The van der Waals surface area contributed by atoms with E-state index in [2.05, 4.69) is 37.2 Å². The van der Waals surface area contributed by atoms with Crippen molar-refractivity contribution in [3.8, 4) is 0 Å². The van der Waals surface area contributed by atoms with Gasteiger partial charge in [0.25, 0.3) is 5.91 Å². The van der Waals surface area contributed by atoms with E-state index >= 15 is 0 Å². The van der Waals surface area contributed by atoms with Gasteiger partial charge in [-0.2, -0.15) is 0 Å². The normalized spacial score (nSPS) is 10.3. The van der Waals surface area contributed by atoms with Crippen molar-refractivity contribution >= 4 is 37.8 Å². The second kappa shape index (κ2) is 6.20. The Hall–Kier alpha value is -1.07. The third-order valence-electron chi connectivity index (χ3n) is 2.40. The van der Waals surface area contributed by atoms with Gasteiger partial charge in [-0.25, -0.2) is 0 Å². The van der Waals surface area contributed by atoms with Crippen LogP contribution in [0.15, 0.2) is 45.5 Å². The Kier molecular flexibility index (Phi) is 4.60. The first kappa shape index (κ1) is 13.4. The van der Waals surface area contributed by atoms with Crippen LogP contribution in [0.4, 0.5) is 0 Å². The maximum Gasteiger partial charge on any atom is 0.287 e. The fourth-order valence-electron chi connectivity index (χ4n) is 1.53. The maximum absolute atomic E-state index is 11.8. The van der Waals surface area contributed by atoms with Gasteiger partial charge in [-0.3, -0.25) is 4.79 Å². The third-order valence-corrected chi connectivity index (χ3v) is 3.47.